The molecule has 21 heavy (non-hydrogen) atoms. The molecule has 0 spiro atoms. The maximum Gasteiger partial charge on any atom is 0.100 e. The molecule has 2 aromatic carbocycles. The number of halogens is 1. The highest BCUT2D eigenvalue weighted by atomic mass is 79.9. The number of hydrogen-bond acceptors (Lipinski definition) is 3. The van der Waals surface area contributed by atoms with Crippen molar-refractivity contribution >= 4 is 21.6 Å². The molecule has 3 nitrogen and oxygen atoms in total. The lowest BCUT2D eigenvalue weighted by molar-refractivity contribution is 0.590. The minimum Gasteiger partial charge on any atom is -0.363 e. The zero-order valence-electron chi connectivity index (χ0n) is 11.6. The summed E-state index contributed by atoms with van der Waals surface area (Å²) < 4.78 is 0.831. The van der Waals surface area contributed by atoms with Gasteiger partial charge in [-0.15, -0.1) is 0 Å². The van der Waals surface area contributed by atoms with Crippen molar-refractivity contribution in [3.63, 3.8) is 0 Å². The zero-order chi connectivity index (χ0) is 14.8. The number of benzene rings is 2. The third-order valence-corrected chi connectivity index (χ3v) is 4.70. The summed E-state index contributed by atoms with van der Waals surface area (Å²) in [5.41, 5.74) is 10.5. The van der Waals surface area contributed by atoms with Gasteiger partial charge in [0.25, 0.3) is 0 Å². The molecule has 3 rings (SSSR count). The maximum absolute atomic E-state index is 9.03. The summed E-state index contributed by atoms with van der Waals surface area (Å²) in [6.45, 7) is 1.52. The van der Waals surface area contributed by atoms with Crippen LogP contribution in [0, 0.1) is 11.3 Å². The average molecular weight is 342 g/mol. The van der Waals surface area contributed by atoms with E-state index in [1.807, 2.05) is 18.2 Å². The van der Waals surface area contributed by atoms with Gasteiger partial charge in [0.1, 0.15) is 6.07 Å². The Balaban J connectivity index is 2.00. The van der Waals surface area contributed by atoms with Crippen molar-refractivity contribution in [2.75, 3.05) is 18.0 Å². The molecule has 1 aliphatic rings. The molecule has 1 heterocycles. The minimum atomic E-state index is 0.190. The number of rotatable bonds is 2. The fraction of sp³-hybridized carbons (Fsp3) is 0.235. The van der Waals surface area contributed by atoms with Gasteiger partial charge in [0.2, 0.25) is 0 Å². The Morgan fingerprint density at radius 1 is 1.29 bits per heavy atom. The van der Waals surface area contributed by atoms with Crippen LogP contribution < -0.4 is 10.6 Å². The van der Waals surface area contributed by atoms with E-state index in [4.69, 9.17) is 11.0 Å². The molecule has 4 heteroatoms. The van der Waals surface area contributed by atoms with Gasteiger partial charge in [0.15, 0.2) is 0 Å². The lowest BCUT2D eigenvalue weighted by Gasteiger charge is -2.38. The van der Waals surface area contributed by atoms with Gasteiger partial charge >= 0.3 is 0 Å². The van der Waals surface area contributed by atoms with Gasteiger partial charge in [0, 0.05) is 23.2 Å². The number of nitrogens with two attached hydrogens (primary N) is 1. The highest BCUT2D eigenvalue weighted by Gasteiger charge is 2.26. The summed E-state index contributed by atoms with van der Waals surface area (Å²) in [7, 11) is 0. The number of fused-ring (bicyclic) bond motifs is 1. The van der Waals surface area contributed by atoms with Gasteiger partial charge in [0.05, 0.1) is 11.6 Å². The van der Waals surface area contributed by atoms with Gasteiger partial charge in [-0.1, -0.05) is 24.3 Å². The number of hydrogen-bond donors (Lipinski definition) is 1. The van der Waals surface area contributed by atoms with Crippen LogP contribution in [0.3, 0.4) is 0 Å². The molecule has 0 saturated heterocycles. The first-order valence-electron chi connectivity index (χ1n) is 6.98. The van der Waals surface area contributed by atoms with E-state index in [2.05, 4.69) is 51.2 Å². The zero-order valence-corrected chi connectivity index (χ0v) is 13.2. The first-order chi connectivity index (χ1) is 10.2. The lowest BCUT2D eigenvalue weighted by atomic mass is 9.92. The molecule has 0 radical (unpaired) electrons. The van der Waals surface area contributed by atoms with Crippen molar-refractivity contribution in [3.05, 3.63) is 63.6 Å². The summed E-state index contributed by atoms with van der Waals surface area (Å²) in [4.78, 5) is 2.33. The summed E-state index contributed by atoms with van der Waals surface area (Å²) in [5, 5.41) is 9.03. The highest BCUT2D eigenvalue weighted by molar-refractivity contribution is 9.10. The lowest BCUT2D eigenvalue weighted by Crippen LogP contribution is -2.39. The van der Waals surface area contributed by atoms with Crippen LogP contribution in [0.15, 0.2) is 46.9 Å². The number of anilines is 1. The van der Waals surface area contributed by atoms with Gasteiger partial charge in [-0.3, -0.25) is 0 Å². The highest BCUT2D eigenvalue weighted by Crippen LogP contribution is 2.34. The van der Waals surface area contributed by atoms with E-state index in [0.29, 0.717) is 12.1 Å². The predicted molar refractivity (Wildman–Crippen MR) is 88.1 cm³/mol. The Labute approximate surface area is 133 Å². The van der Waals surface area contributed by atoms with Crippen LogP contribution in [-0.4, -0.2) is 13.1 Å². The Kier molecular flexibility index (Phi) is 3.96. The first-order valence-corrected chi connectivity index (χ1v) is 7.78. The Bertz CT molecular complexity index is 705. The molecule has 2 aromatic rings. The van der Waals surface area contributed by atoms with Crippen LogP contribution in [0.1, 0.15) is 22.7 Å². The van der Waals surface area contributed by atoms with Gasteiger partial charge in [-0.25, -0.2) is 0 Å². The van der Waals surface area contributed by atoms with Gasteiger partial charge in [-0.2, -0.15) is 5.26 Å². The molecular formula is C17H16BrN3. The van der Waals surface area contributed by atoms with Gasteiger partial charge < -0.3 is 10.6 Å². The van der Waals surface area contributed by atoms with E-state index < -0.39 is 0 Å². The molecule has 1 unspecified atom stereocenters. The van der Waals surface area contributed by atoms with Crippen molar-refractivity contribution in [1.29, 1.82) is 5.26 Å². The fourth-order valence-corrected chi connectivity index (χ4v) is 3.44. The average Bonchev–Trinajstić information content (AvgIpc) is 2.53. The predicted octanol–water partition coefficient (Wildman–Crippen LogP) is 3.38. The molecule has 0 amide bonds. The minimum absolute atomic E-state index is 0.190. The molecule has 0 saturated carbocycles. The summed E-state index contributed by atoms with van der Waals surface area (Å²) in [6.07, 6.45) is 1.02. The topological polar surface area (TPSA) is 53.0 Å². The molecule has 0 aliphatic carbocycles. The third kappa shape index (κ3) is 2.55. The van der Waals surface area contributed by atoms with E-state index in [0.717, 1.165) is 23.1 Å². The van der Waals surface area contributed by atoms with E-state index in [-0.39, 0.29) is 6.04 Å². The molecule has 1 aliphatic heterocycles. The van der Waals surface area contributed by atoms with Crippen molar-refractivity contribution in [2.45, 2.75) is 12.5 Å². The van der Waals surface area contributed by atoms with Crippen LogP contribution in [0.25, 0.3) is 0 Å². The molecule has 2 N–H and O–H groups in total. The van der Waals surface area contributed by atoms with E-state index in [9.17, 15) is 0 Å². The summed E-state index contributed by atoms with van der Waals surface area (Å²) in [5.74, 6) is 0. The van der Waals surface area contributed by atoms with Crippen LogP contribution in [0.2, 0.25) is 0 Å². The maximum atomic E-state index is 9.03. The van der Waals surface area contributed by atoms with E-state index in [1.165, 1.54) is 11.1 Å². The second kappa shape index (κ2) is 5.88. The molecule has 0 aromatic heterocycles. The second-order valence-corrected chi connectivity index (χ2v) is 6.02. The van der Waals surface area contributed by atoms with Crippen LogP contribution in [-0.2, 0) is 6.42 Å². The Hall–Kier alpha value is -1.83. The van der Waals surface area contributed by atoms with Crippen LogP contribution in [0.4, 0.5) is 5.69 Å². The molecule has 0 bridgehead atoms. The van der Waals surface area contributed by atoms with Crippen molar-refractivity contribution in [3.8, 4) is 6.07 Å². The molecule has 1 atom stereocenters. The third-order valence-electron chi connectivity index (χ3n) is 4.04. The molecule has 106 valence electrons. The van der Waals surface area contributed by atoms with Crippen LogP contribution >= 0.6 is 15.9 Å². The monoisotopic (exact) mass is 341 g/mol. The Morgan fingerprint density at radius 2 is 2.10 bits per heavy atom. The molecule has 0 fully saturated rings. The number of nitriles is 1. The van der Waals surface area contributed by atoms with Crippen molar-refractivity contribution < 1.29 is 0 Å². The fourth-order valence-electron chi connectivity index (χ4n) is 2.99. The Morgan fingerprint density at radius 3 is 2.81 bits per heavy atom. The van der Waals surface area contributed by atoms with Crippen molar-refractivity contribution in [1.82, 2.24) is 0 Å². The van der Waals surface area contributed by atoms with Gasteiger partial charge in [-0.05, 0) is 51.7 Å². The summed E-state index contributed by atoms with van der Waals surface area (Å²) >= 11 is 3.47. The quantitative estimate of drug-likeness (QED) is 0.910. The van der Waals surface area contributed by atoms with Crippen molar-refractivity contribution in [2.24, 2.45) is 5.73 Å². The first kappa shape index (κ1) is 14.1. The second-order valence-electron chi connectivity index (χ2n) is 5.17. The smallest absolute Gasteiger partial charge is 0.100 e. The van der Waals surface area contributed by atoms with Crippen LogP contribution in [0.5, 0.6) is 0 Å². The van der Waals surface area contributed by atoms with E-state index in [1.54, 1.807) is 0 Å². The summed E-state index contributed by atoms with van der Waals surface area (Å²) in [6, 6.07) is 16.7. The largest absolute Gasteiger partial charge is 0.363 e. The van der Waals surface area contributed by atoms with E-state index >= 15 is 0 Å². The standard InChI is InChI=1S/C17H16BrN3/c18-16-9-14(6-5-13(16)10-19)21-8-7-12-3-1-2-4-15(12)17(21)11-20/h1-6,9,17H,7-8,11,20H2. The molecular weight excluding hydrogens is 326 g/mol. The number of nitrogens with zero attached hydrogens (tertiary/aromatic N) is 2. The SMILES string of the molecule is N#Cc1ccc(N2CCc3ccccc3C2CN)cc1Br. The normalized spacial score (nSPS) is 17.2.